The van der Waals surface area contributed by atoms with Gasteiger partial charge in [-0.2, -0.15) is 0 Å². The number of hydrogen-bond donors (Lipinski definition) is 0. The molecule has 1 unspecified atom stereocenters. The lowest BCUT2D eigenvalue weighted by Gasteiger charge is -2.37. The van der Waals surface area contributed by atoms with Gasteiger partial charge in [-0.25, -0.2) is 14.2 Å². The molecule has 1 amide bonds. The normalized spacial score (nSPS) is 19.0. The predicted octanol–water partition coefficient (Wildman–Crippen LogP) is 5.29. The molecule has 0 radical (unpaired) electrons. The van der Waals surface area contributed by atoms with Crippen molar-refractivity contribution in [2.75, 3.05) is 26.3 Å². The van der Waals surface area contributed by atoms with Gasteiger partial charge in [0.1, 0.15) is 5.82 Å². The van der Waals surface area contributed by atoms with Crippen LogP contribution in [0.4, 0.5) is 4.39 Å². The molecule has 8 nitrogen and oxygen atoms in total. The molecule has 1 saturated heterocycles. The van der Waals surface area contributed by atoms with Gasteiger partial charge in [-0.3, -0.25) is 9.59 Å². The molecule has 2 aromatic carbocycles. The van der Waals surface area contributed by atoms with Gasteiger partial charge in [0.2, 0.25) is 5.91 Å². The first kappa shape index (κ1) is 28.6. The summed E-state index contributed by atoms with van der Waals surface area (Å²) in [5, 5.41) is 2.50. The van der Waals surface area contributed by atoms with Crippen molar-refractivity contribution in [3.63, 3.8) is 0 Å². The zero-order chi connectivity index (χ0) is 28.9. The number of esters is 2. The summed E-state index contributed by atoms with van der Waals surface area (Å²) in [5.41, 5.74) is 2.92. The molecule has 1 atom stereocenters. The number of fused-ring (bicyclic) bond motifs is 1. The van der Waals surface area contributed by atoms with E-state index in [-0.39, 0.29) is 30.8 Å². The van der Waals surface area contributed by atoms with Gasteiger partial charge in [0.05, 0.1) is 42.9 Å². The minimum atomic E-state index is -0.680. The third kappa shape index (κ3) is 6.07. The van der Waals surface area contributed by atoms with Crippen LogP contribution in [0.15, 0.2) is 76.3 Å². The minimum Gasteiger partial charge on any atom is -0.466 e. The standard InChI is InChI=1S/C31H32FN3O5S/c1-3-39-29(37)22-14-16-34(17-15-22)25(36)18-24-19-41-31-33-27(20-8-6-5-7-9-20)26(30(38)40-4-2)28(35(24)31)21-10-12-23(32)13-11-21/h5-13,19,22,28H,3-4,14-18H2,1-2H3. The molecule has 3 aliphatic rings. The van der Waals surface area contributed by atoms with E-state index in [4.69, 9.17) is 14.5 Å². The highest BCUT2D eigenvalue weighted by Gasteiger charge is 2.43. The van der Waals surface area contributed by atoms with Crippen molar-refractivity contribution in [2.24, 2.45) is 10.9 Å². The lowest BCUT2D eigenvalue weighted by Crippen LogP contribution is -2.42. The number of benzene rings is 2. The first-order valence-corrected chi connectivity index (χ1v) is 14.7. The van der Waals surface area contributed by atoms with Gasteiger partial charge in [0, 0.05) is 24.4 Å². The van der Waals surface area contributed by atoms with E-state index in [0.29, 0.717) is 60.2 Å². The van der Waals surface area contributed by atoms with E-state index in [1.54, 1.807) is 30.9 Å². The summed E-state index contributed by atoms with van der Waals surface area (Å²) in [4.78, 5) is 47.7. The zero-order valence-corrected chi connectivity index (χ0v) is 23.9. The van der Waals surface area contributed by atoms with E-state index < -0.39 is 17.8 Å². The van der Waals surface area contributed by atoms with Crippen molar-refractivity contribution in [1.29, 1.82) is 0 Å². The van der Waals surface area contributed by atoms with Crippen molar-refractivity contribution >= 4 is 40.5 Å². The summed E-state index contributed by atoms with van der Waals surface area (Å²) in [6, 6.07) is 14.7. The Balaban J connectivity index is 1.46. The number of aliphatic imine (C=N–C) groups is 1. The maximum Gasteiger partial charge on any atom is 0.338 e. The fourth-order valence-corrected chi connectivity index (χ4v) is 6.26. The van der Waals surface area contributed by atoms with Gasteiger partial charge < -0.3 is 19.3 Å². The zero-order valence-electron chi connectivity index (χ0n) is 23.0. The lowest BCUT2D eigenvalue weighted by molar-refractivity contribution is -0.151. The van der Waals surface area contributed by atoms with E-state index in [1.807, 2.05) is 40.6 Å². The van der Waals surface area contributed by atoms with Crippen molar-refractivity contribution in [3.05, 3.63) is 88.2 Å². The van der Waals surface area contributed by atoms with Crippen LogP contribution in [-0.2, 0) is 23.9 Å². The van der Waals surface area contributed by atoms with Crippen LogP contribution in [0.5, 0.6) is 0 Å². The number of amides is 1. The average Bonchev–Trinajstić information content (AvgIpc) is 3.39. The van der Waals surface area contributed by atoms with Crippen LogP contribution in [0.2, 0.25) is 0 Å². The fourth-order valence-electron chi connectivity index (χ4n) is 5.34. The minimum absolute atomic E-state index is 0.0752. The summed E-state index contributed by atoms with van der Waals surface area (Å²) in [6.07, 6.45) is 1.21. The molecule has 0 aliphatic carbocycles. The highest BCUT2D eigenvalue weighted by Crippen LogP contribution is 2.47. The Kier molecular flexibility index (Phi) is 8.87. The first-order valence-electron chi connectivity index (χ1n) is 13.8. The lowest BCUT2D eigenvalue weighted by atomic mass is 9.91. The summed E-state index contributed by atoms with van der Waals surface area (Å²) >= 11 is 1.38. The number of hydrogen-bond acceptors (Lipinski definition) is 8. The second-order valence-electron chi connectivity index (χ2n) is 9.88. The van der Waals surface area contributed by atoms with E-state index in [9.17, 15) is 18.8 Å². The largest absolute Gasteiger partial charge is 0.466 e. The van der Waals surface area contributed by atoms with Crippen LogP contribution in [0.3, 0.4) is 0 Å². The number of halogens is 1. The monoisotopic (exact) mass is 577 g/mol. The molecule has 2 aromatic rings. The molecular formula is C31H32FN3O5S. The van der Waals surface area contributed by atoms with Gasteiger partial charge in [0.15, 0.2) is 5.17 Å². The Hall–Kier alpha value is -3.92. The van der Waals surface area contributed by atoms with Crippen molar-refractivity contribution in [1.82, 2.24) is 9.80 Å². The third-order valence-electron chi connectivity index (χ3n) is 7.34. The summed E-state index contributed by atoms with van der Waals surface area (Å²) in [5.74, 6) is -1.40. The number of likely N-dealkylation sites (tertiary alicyclic amines) is 1. The molecular weight excluding hydrogens is 545 g/mol. The molecule has 0 spiro atoms. The highest BCUT2D eigenvalue weighted by atomic mass is 32.2. The number of piperidine rings is 1. The Morgan fingerprint density at radius 2 is 1.66 bits per heavy atom. The maximum absolute atomic E-state index is 14.0. The number of thioether (sulfide) groups is 1. The Labute approximate surface area is 242 Å². The number of amidine groups is 1. The predicted molar refractivity (Wildman–Crippen MR) is 155 cm³/mol. The van der Waals surface area contributed by atoms with Gasteiger partial charge in [-0.15, -0.1) is 0 Å². The number of ether oxygens (including phenoxy) is 2. The van der Waals surface area contributed by atoms with Gasteiger partial charge in [-0.05, 0) is 49.8 Å². The molecule has 3 aliphatic heterocycles. The van der Waals surface area contributed by atoms with E-state index in [1.165, 1.54) is 23.9 Å². The second kappa shape index (κ2) is 12.7. The molecule has 0 N–H and O–H groups in total. The number of nitrogens with zero attached hydrogens (tertiary/aromatic N) is 3. The van der Waals surface area contributed by atoms with Crippen molar-refractivity contribution < 1.29 is 28.2 Å². The summed E-state index contributed by atoms with van der Waals surface area (Å²) < 4.78 is 24.6. The van der Waals surface area contributed by atoms with E-state index >= 15 is 0 Å². The molecule has 1 fully saturated rings. The van der Waals surface area contributed by atoms with E-state index in [0.717, 1.165) is 5.56 Å². The second-order valence-corrected chi connectivity index (χ2v) is 10.7. The molecule has 3 heterocycles. The van der Waals surface area contributed by atoms with Crippen LogP contribution in [0, 0.1) is 11.7 Å². The van der Waals surface area contributed by atoms with Crippen LogP contribution >= 0.6 is 11.8 Å². The number of carbonyl (C=O) groups excluding carboxylic acids is 3. The van der Waals surface area contributed by atoms with Gasteiger partial charge in [0.25, 0.3) is 0 Å². The van der Waals surface area contributed by atoms with Crippen LogP contribution in [0.25, 0.3) is 5.70 Å². The number of rotatable bonds is 8. The molecule has 0 aromatic heterocycles. The molecule has 10 heteroatoms. The quantitative estimate of drug-likeness (QED) is 0.394. The average molecular weight is 578 g/mol. The smallest absolute Gasteiger partial charge is 0.338 e. The van der Waals surface area contributed by atoms with E-state index in [2.05, 4.69) is 0 Å². The SMILES string of the molecule is CCOC(=O)C1=C(c2ccccc2)N=C2SC=C(CC(=O)N3CCC(C(=O)OCC)CC3)N2C1c1ccc(F)cc1. The molecule has 5 rings (SSSR count). The van der Waals surface area contributed by atoms with Crippen molar-refractivity contribution in [2.45, 2.75) is 39.2 Å². The third-order valence-corrected chi connectivity index (χ3v) is 8.23. The molecule has 0 saturated carbocycles. The summed E-state index contributed by atoms with van der Waals surface area (Å²) in [6.45, 7) is 4.98. The Morgan fingerprint density at radius 3 is 2.32 bits per heavy atom. The van der Waals surface area contributed by atoms with Crippen molar-refractivity contribution in [3.8, 4) is 0 Å². The van der Waals surface area contributed by atoms with Crippen LogP contribution in [0.1, 0.15) is 50.3 Å². The summed E-state index contributed by atoms with van der Waals surface area (Å²) in [7, 11) is 0. The topological polar surface area (TPSA) is 88.5 Å². The molecule has 41 heavy (non-hydrogen) atoms. The highest BCUT2D eigenvalue weighted by molar-refractivity contribution is 8.16. The molecule has 214 valence electrons. The first-order chi connectivity index (χ1) is 19.9. The maximum atomic E-state index is 14.0. The van der Waals surface area contributed by atoms with Gasteiger partial charge >= 0.3 is 11.9 Å². The van der Waals surface area contributed by atoms with Crippen LogP contribution in [-0.4, -0.2) is 59.1 Å². The Morgan fingerprint density at radius 1 is 0.976 bits per heavy atom. The fraction of sp³-hybridized carbons (Fsp3) is 0.355. The number of carbonyl (C=O) groups is 3. The Bertz CT molecular complexity index is 1400. The van der Waals surface area contributed by atoms with Crippen LogP contribution < -0.4 is 0 Å². The molecule has 0 bridgehead atoms. The van der Waals surface area contributed by atoms with Gasteiger partial charge in [-0.1, -0.05) is 54.2 Å².